The van der Waals surface area contributed by atoms with Gasteiger partial charge in [-0.2, -0.15) is 4.68 Å². The first-order chi connectivity index (χ1) is 11.7. The molecule has 4 rings (SSSR count). The van der Waals surface area contributed by atoms with Crippen molar-refractivity contribution in [3.05, 3.63) is 57.6 Å². The molecule has 0 radical (unpaired) electrons. The Morgan fingerprint density at radius 2 is 2.08 bits per heavy atom. The van der Waals surface area contributed by atoms with Crippen molar-refractivity contribution in [1.29, 1.82) is 0 Å². The topological polar surface area (TPSA) is 64.9 Å². The summed E-state index contributed by atoms with van der Waals surface area (Å²) in [6.07, 6.45) is 0.947. The quantitative estimate of drug-likeness (QED) is 0.746. The summed E-state index contributed by atoms with van der Waals surface area (Å²) in [7, 11) is 0. The maximum atomic E-state index is 5.76. The van der Waals surface area contributed by atoms with E-state index in [-0.39, 0.29) is 0 Å². The summed E-state index contributed by atoms with van der Waals surface area (Å²) in [5.41, 5.74) is 4.45. The van der Waals surface area contributed by atoms with Crippen molar-refractivity contribution < 1.29 is 4.74 Å². The zero-order valence-corrected chi connectivity index (χ0v) is 14.7. The van der Waals surface area contributed by atoms with Crippen molar-refractivity contribution >= 4 is 21.9 Å². The highest BCUT2D eigenvalue weighted by Gasteiger charge is 2.18. The van der Waals surface area contributed by atoms with Gasteiger partial charge in [0.2, 0.25) is 5.95 Å². The monoisotopic (exact) mass is 385 g/mol. The van der Waals surface area contributed by atoms with Crippen LogP contribution >= 0.6 is 15.9 Å². The van der Waals surface area contributed by atoms with E-state index >= 15 is 0 Å². The Kier molecular flexibility index (Phi) is 3.93. The highest BCUT2D eigenvalue weighted by atomic mass is 79.9. The number of tetrazole rings is 1. The van der Waals surface area contributed by atoms with Crippen LogP contribution in [0.1, 0.15) is 16.7 Å². The van der Waals surface area contributed by atoms with Crippen LogP contribution in [0.25, 0.3) is 5.69 Å². The predicted molar refractivity (Wildman–Crippen MR) is 94.6 cm³/mol. The van der Waals surface area contributed by atoms with E-state index in [0.717, 1.165) is 34.5 Å². The van der Waals surface area contributed by atoms with Gasteiger partial charge in [-0.1, -0.05) is 38.7 Å². The first-order valence-corrected chi connectivity index (χ1v) is 8.53. The molecule has 1 aliphatic heterocycles. The van der Waals surface area contributed by atoms with Crippen molar-refractivity contribution in [3.8, 4) is 11.4 Å². The highest BCUT2D eigenvalue weighted by Crippen LogP contribution is 2.33. The summed E-state index contributed by atoms with van der Waals surface area (Å²) in [4.78, 5) is 0. The van der Waals surface area contributed by atoms with Crippen molar-refractivity contribution in [1.82, 2.24) is 20.2 Å². The van der Waals surface area contributed by atoms with E-state index in [2.05, 4.69) is 55.8 Å². The summed E-state index contributed by atoms with van der Waals surface area (Å²) in [5, 5.41) is 15.2. The fourth-order valence-corrected chi connectivity index (χ4v) is 3.36. The molecule has 0 aliphatic carbocycles. The summed E-state index contributed by atoms with van der Waals surface area (Å²) < 4.78 is 8.51. The first-order valence-electron chi connectivity index (χ1n) is 7.74. The summed E-state index contributed by atoms with van der Waals surface area (Å²) in [5.74, 6) is 1.57. The molecule has 2 heterocycles. The predicted octanol–water partition coefficient (Wildman–Crippen LogP) is 3.28. The van der Waals surface area contributed by atoms with Gasteiger partial charge in [-0.25, -0.2) is 0 Å². The number of anilines is 1. The molecule has 0 saturated heterocycles. The van der Waals surface area contributed by atoms with Gasteiger partial charge < -0.3 is 10.1 Å². The largest absolute Gasteiger partial charge is 0.493 e. The molecular formula is C17H16BrN5O. The van der Waals surface area contributed by atoms with E-state index in [0.29, 0.717) is 12.5 Å². The Labute approximate surface area is 148 Å². The van der Waals surface area contributed by atoms with Crippen molar-refractivity contribution in [2.75, 3.05) is 11.9 Å². The minimum atomic E-state index is 0.591. The van der Waals surface area contributed by atoms with Crippen LogP contribution in [0.2, 0.25) is 0 Å². The van der Waals surface area contributed by atoms with E-state index in [1.54, 1.807) is 4.68 Å². The van der Waals surface area contributed by atoms with Crippen molar-refractivity contribution in [2.45, 2.75) is 19.9 Å². The SMILES string of the molecule is Cc1ccc(-n2nnnc2NCc2cc(Br)cc3c2OCC3)cc1. The van der Waals surface area contributed by atoms with Gasteiger partial charge in [0.1, 0.15) is 5.75 Å². The molecule has 2 aromatic carbocycles. The number of nitrogens with one attached hydrogen (secondary N) is 1. The van der Waals surface area contributed by atoms with Crippen LogP contribution in [0.4, 0.5) is 5.95 Å². The Morgan fingerprint density at radius 3 is 2.92 bits per heavy atom. The van der Waals surface area contributed by atoms with Crippen LogP contribution in [0, 0.1) is 6.92 Å². The molecule has 3 aromatic rings. The van der Waals surface area contributed by atoms with Gasteiger partial charge in [-0.05, 0) is 47.2 Å². The van der Waals surface area contributed by atoms with Crippen LogP contribution in [-0.2, 0) is 13.0 Å². The fraction of sp³-hybridized carbons (Fsp3) is 0.235. The minimum absolute atomic E-state index is 0.591. The molecule has 0 saturated carbocycles. The number of aromatic nitrogens is 4. The molecule has 1 N–H and O–H groups in total. The van der Waals surface area contributed by atoms with Crippen molar-refractivity contribution in [3.63, 3.8) is 0 Å². The number of fused-ring (bicyclic) bond motifs is 1. The maximum Gasteiger partial charge on any atom is 0.248 e. The minimum Gasteiger partial charge on any atom is -0.493 e. The lowest BCUT2D eigenvalue weighted by molar-refractivity contribution is 0.354. The van der Waals surface area contributed by atoms with E-state index in [1.807, 2.05) is 24.3 Å². The number of hydrogen-bond acceptors (Lipinski definition) is 5. The van der Waals surface area contributed by atoms with Gasteiger partial charge in [0.05, 0.1) is 12.3 Å². The van der Waals surface area contributed by atoms with Crippen LogP contribution < -0.4 is 10.1 Å². The van der Waals surface area contributed by atoms with Crippen molar-refractivity contribution in [2.24, 2.45) is 0 Å². The Hall–Kier alpha value is -2.41. The van der Waals surface area contributed by atoms with Gasteiger partial charge in [0.15, 0.2) is 0 Å². The molecule has 0 unspecified atom stereocenters. The summed E-state index contributed by atoms with van der Waals surface area (Å²) in [6, 6.07) is 12.2. The molecule has 0 amide bonds. The molecule has 0 atom stereocenters. The second-order valence-electron chi connectivity index (χ2n) is 5.76. The molecule has 0 fully saturated rings. The molecule has 24 heavy (non-hydrogen) atoms. The molecular weight excluding hydrogens is 370 g/mol. The molecule has 1 aromatic heterocycles. The number of rotatable bonds is 4. The lowest BCUT2D eigenvalue weighted by Gasteiger charge is -2.11. The highest BCUT2D eigenvalue weighted by molar-refractivity contribution is 9.10. The smallest absolute Gasteiger partial charge is 0.248 e. The molecule has 122 valence electrons. The average Bonchev–Trinajstić information content (AvgIpc) is 3.22. The second kappa shape index (κ2) is 6.24. The zero-order chi connectivity index (χ0) is 16.5. The Morgan fingerprint density at radius 1 is 1.25 bits per heavy atom. The molecule has 6 nitrogen and oxygen atoms in total. The standard InChI is InChI=1S/C17H16BrN5O/c1-11-2-4-15(5-3-11)23-17(20-21-22-23)19-10-13-9-14(18)8-12-6-7-24-16(12)13/h2-5,8-9H,6-7,10H2,1H3,(H,19,20,22). The first kappa shape index (κ1) is 15.1. The van der Waals surface area contributed by atoms with Crippen LogP contribution in [0.15, 0.2) is 40.9 Å². The molecule has 1 aliphatic rings. The van der Waals surface area contributed by atoms with Gasteiger partial charge in [-0.3, -0.25) is 0 Å². The maximum absolute atomic E-state index is 5.76. The normalized spacial score (nSPS) is 12.8. The summed E-state index contributed by atoms with van der Waals surface area (Å²) in [6.45, 7) is 3.38. The van der Waals surface area contributed by atoms with E-state index in [1.165, 1.54) is 11.1 Å². The number of aryl methyl sites for hydroxylation is 1. The lowest BCUT2D eigenvalue weighted by Crippen LogP contribution is -2.08. The second-order valence-corrected chi connectivity index (χ2v) is 6.67. The van der Waals surface area contributed by atoms with E-state index < -0.39 is 0 Å². The van der Waals surface area contributed by atoms with Gasteiger partial charge in [-0.15, -0.1) is 0 Å². The van der Waals surface area contributed by atoms with Crippen LogP contribution in [0.5, 0.6) is 5.75 Å². The third-order valence-electron chi connectivity index (χ3n) is 4.01. The number of halogens is 1. The third kappa shape index (κ3) is 2.87. The zero-order valence-electron chi connectivity index (χ0n) is 13.2. The van der Waals surface area contributed by atoms with E-state index in [4.69, 9.17) is 4.74 Å². The third-order valence-corrected chi connectivity index (χ3v) is 4.47. The fourth-order valence-electron chi connectivity index (χ4n) is 2.81. The van der Waals surface area contributed by atoms with Gasteiger partial charge in [0, 0.05) is 23.0 Å². The number of nitrogens with zero attached hydrogens (tertiary/aromatic N) is 4. The molecule has 7 heteroatoms. The Bertz CT molecular complexity index is 875. The van der Waals surface area contributed by atoms with Gasteiger partial charge >= 0.3 is 0 Å². The Balaban J connectivity index is 1.58. The average molecular weight is 386 g/mol. The van der Waals surface area contributed by atoms with Crippen LogP contribution in [0.3, 0.4) is 0 Å². The molecule has 0 spiro atoms. The summed E-state index contributed by atoms with van der Waals surface area (Å²) >= 11 is 3.56. The number of ether oxygens (including phenoxy) is 1. The number of hydrogen-bond donors (Lipinski definition) is 1. The van der Waals surface area contributed by atoms with Gasteiger partial charge in [0.25, 0.3) is 0 Å². The number of benzene rings is 2. The van der Waals surface area contributed by atoms with Crippen LogP contribution in [-0.4, -0.2) is 26.8 Å². The molecule has 0 bridgehead atoms. The lowest BCUT2D eigenvalue weighted by atomic mass is 10.1. The van der Waals surface area contributed by atoms with E-state index in [9.17, 15) is 0 Å².